The molecular weight excluding hydrogens is 360 g/mol. The van der Waals surface area contributed by atoms with E-state index in [0.29, 0.717) is 28.6 Å². The molecule has 1 aliphatic rings. The van der Waals surface area contributed by atoms with Crippen LogP contribution in [-0.4, -0.2) is 28.8 Å². The van der Waals surface area contributed by atoms with Crippen molar-refractivity contribution >= 4 is 35.0 Å². The lowest BCUT2D eigenvalue weighted by Crippen LogP contribution is -2.35. The minimum atomic E-state index is -0.445. The maximum Gasteiger partial charge on any atom is 0.284 e. The highest BCUT2D eigenvalue weighted by Crippen LogP contribution is 2.36. The van der Waals surface area contributed by atoms with E-state index in [-0.39, 0.29) is 11.6 Å². The van der Waals surface area contributed by atoms with Crippen LogP contribution in [0.1, 0.15) is 29.6 Å². The summed E-state index contributed by atoms with van der Waals surface area (Å²) in [6, 6.07) is 11.8. The van der Waals surface area contributed by atoms with Crippen LogP contribution in [0, 0.1) is 10.1 Å². The quantitative estimate of drug-likeness (QED) is 0.554. The zero-order valence-corrected chi connectivity index (χ0v) is 15.1. The molecule has 0 aromatic heterocycles. The number of nitrogens with zero attached hydrogens (tertiary/aromatic N) is 2. The van der Waals surface area contributed by atoms with Gasteiger partial charge in [-0.25, -0.2) is 0 Å². The molecule has 7 heteroatoms. The number of benzene rings is 2. The van der Waals surface area contributed by atoms with Gasteiger partial charge in [-0.15, -0.1) is 0 Å². The van der Waals surface area contributed by atoms with Gasteiger partial charge >= 0.3 is 0 Å². The van der Waals surface area contributed by atoms with Crippen LogP contribution >= 0.6 is 23.4 Å². The van der Waals surface area contributed by atoms with Crippen molar-refractivity contribution in [2.75, 3.05) is 13.1 Å². The summed E-state index contributed by atoms with van der Waals surface area (Å²) in [5, 5.41) is 12.0. The Bertz CT molecular complexity index is 807. The van der Waals surface area contributed by atoms with E-state index in [2.05, 4.69) is 0 Å². The highest BCUT2D eigenvalue weighted by atomic mass is 35.5. The Morgan fingerprint density at radius 3 is 2.56 bits per heavy atom. The topological polar surface area (TPSA) is 63.4 Å². The van der Waals surface area contributed by atoms with Crippen molar-refractivity contribution < 1.29 is 9.72 Å². The first kappa shape index (κ1) is 17.8. The summed E-state index contributed by atoms with van der Waals surface area (Å²) in [6.45, 7) is 1.43. The molecule has 0 unspecified atom stereocenters. The van der Waals surface area contributed by atoms with Crippen LogP contribution in [0.3, 0.4) is 0 Å². The highest BCUT2D eigenvalue weighted by molar-refractivity contribution is 7.99. The van der Waals surface area contributed by atoms with Crippen molar-refractivity contribution in [1.29, 1.82) is 0 Å². The normalized spacial score (nSPS) is 14.4. The van der Waals surface area contributed by atoms with Crippen LogP contribution in [0.15, 0.2) is 52.3 Å². The Morgan fingerprint density at radius 2 is 1.88 bits per heavy atom. The Kier molecular flexibility index (Phi) is 5.60. The predicted molar refractivity (Wildman–Crippen MR) is 98.4 cm³/mol. The van der Waals surface area contributed by atoms with E-state index in [1.54, 1.807) is 35.2 Å². The van der Waals surface area contributed by atoms with E-state index in [1.807, 2.05) is 6.07 Å². The number of carbonyl (C=O) groups excluding carboxylic acids is 1. The number of carbonyl (C=O) groups is 1. The van der Waals surface area contributed by atoms with Gasteiger partial charge in [-0.2, -0.15) is 0 Å². The minimum Gasteiger partial charge on any atom is -0.339 e. The molecule has 1 aliphatic heterocycles. The molecule has 2 aromatic carbocycles. The van der Waals surface area contributed by atoms with Crippen LogP contribution in [0.5, 0.6) is 0 Å². The predicted octanol–water partition coefficient (Wildman–Crippen LogP) is 5.03. The smallest absolute Gasteiger partial charge is 0.284 e. The molecule has 0 aliphatic carbocycles. The van der Waals surface area contributed by atoms with Crippen molar-refractivity contribution in [3.8, 4) is 0 Å². The number of hydrogen-bond donors (Lipinski definition) is 0. The van der Waals surface area contributed by atoms with Crippen LogP contribution < -0.4 is 0 Å². The second kappa shape index (κ2) is 7.89. The number of hydrogen-bond acceptors (Lipinski definition) is 4. The van der Waals surface area contributed by atoms with Gasteiger partial charge in [0.1, 0.15) is 0 Å². The molecule has 25 heavy (non-hydrogen) atoms. The van der Waals surface area contributed by atoms with E-state index in [0.717, 1.165) is 24.2 Å². The van der Waals surface area contributed by atoms with Gasteiger partial charge in [-0.3, -0.25) is 14.9 Å². The fourth-order valence-corrected chi connectivity index (χ4v) is 4.03. The van der Waals surface area contributed by atoms with E-state index >= 15 is 0 Å². The van der Waals surface area contributed by atoms with Crippen LogP contribution in [-0.2, 0) is 0 Å². The molecule has 1 fully saturated rings. The summed E-state index contributed by atoms with van der Waals surface area (Å²) >= 11 is 7.23. The van der Waals surface area contributed by atoms with Crippen molar-refractivity contribution in [2.45, 2.75) is 29.1 Å². The zero-order chi connectivity index (χ0) is 17.8. The second-order valence-electron chi connectivity index (χ2n) is 5.85. The van der Waals surface area contributed by atoms with Gasteiger partial charge in [0.25, 0.3) is 11.6 Å². The lowest BCUT2D eigenvalue weighted by molar-refractivity contribution is -0.387. The van der Waals surface area contributed by atoms with E-state index in [1.165, 1.54) is 17.8 Å². The number of nitro benzene ring substituents is 1. The molecule has 5 nitrogen and oxygen atoms in total. The maximum absolute atomic E-state index is 12.6. The van der Waals surface area contributed by atoms with E-state index < -0.39 is 4.92 Å². The minimum absolute atomic E-state index is 0.0622. The van der Waals surface area contributed by atoms with Gasteiger partial charge in [0.15, 0.2) is 0 Å². The summed E-state index contributed by atoms with van der Waals surface area (Å²) in [5.41, 5.74) is 0.303. The van der Waals surface area contributed by atoms with Gasteiger partial charge in [0.05, 0.1) is 9.82 Å². The van der Waals surface area contributed by atoms with Crippen LogP contribution in [0.25, 0.3) is 0 Å². The van der Waals surface area contributed by atoms with Gasteiger partial charge < -0.3 is 4.90 Å². The molecule has 2 aromatic rings. The molecule has 0 N–H and O–H groups in total. The molecule has 1 saturated heterocycles. The summed E-state index contributed by atoms with van der Waals surface area (Å²) < 4.78 is 0. The summed E-state index contributed by atoms with van der Waals surface area (Å²) in [5.74, 6) is -0.137. The third kappa shape index (κ3) is 4.32. The molecular formula is C18H17ClN2O3S. The molecule has 1 heterocycles. The van der Waals surface area contributed by atoms with Gasteiger partial charge in [0, 0.05) is 34.6 Å². The fraction of sp³-hybridized carbons (Fsp3) is 0.278. The first-order chi connectivity index (χ1) is 12.0. The van der Waals surface area contributed by atoms with Crippen molar-refractivity contribution in [2.24, 2.45) is 0 Å². The van der Waals surface area contributed by atoms with Crippen molar-refractivity contribution in [3.05, 3.63) is 63.2 Å². The number of halogens is 1. The number of amides is 1. The third-order valence-corrected chi connectivity index (χ3v) is 5.36. The lowest BCUT2D eigenvalue weighted by Gasteiger charge is -2.26. The van der Waals surface area contributed by atoms with Crippen LogP contribution in [0.4, 0.5) is 5.69 Å². The molecule has 0 radical (unpaired) electrons. The number of likely N-dealkylation sites (tertiary alicyclic amines) is 1. The van der Waals surface area contributed by atoms with E-state index in [9.17, 15) is 14.9 Å². The molecule has 0 spiro atoms. The average molecular weight is 377 g/mol. The number of nitro groups is 1. The SMILES string of the molecule is O=C(c1ccc(Sc2cccc(Cl)c2)c([N+](=O)[O-])c1)N1CCCCC1. The molecule has 0 saturated carbocycles. The Balaban J connectivity index is 1.87. The average Bonchev–Trinajstić information content (AvgIpc) is 2.62. The van der Waals surface area contributed by atoms with E-state index in [4.69, 9.17) is 11.6 Å². The van der Waals surface area contributed by atoms with Gasteiger partial charge in [-0.05, 0) is 49.6 Å². The van der Waals surface area contributed by atoms with Crippen LogP contribution in [0.2, 0.25) is 5.02 Å². The first-order valence-corrected chi connectivity index (χ1v) is 9.25. The van der Waals surface area contributed by atoms with Gasteiger partial charge in [-0.1, -0.05) is 29.4 Å². The van der Waals surface area contributed by atoms with Gasteiger partial charge in [0.2, 0.25) is 0 Å². The summed E-state index contributed by atoms with van der Waals surface area (Å²) in [4.78, 5) is 26.7. The van der Waals surface area contributed by atoms with Crippen molar-refractivity contribution in [3.63, 3.8) is 0 Å². The molecule has 0 bridgehead atoms. The number of piperidine rings is 1. The summed E-state index contributed by atoms with van der Waals surface area (Å²) in [6.07, 6.45) is 3.09. The molecule has 1 amide bonds. The molecule has 0 atom stereocenters. The zero-order valence-electron chi connectivity index (χ0n) is 13.5. The Morgan fingerprint density at radius 1 is 1.12 bits per heavy atom. The van der Waals surface area contributed by atoms with Crippen molar-refractivity contribution in [1.82, 2.24) is 4.90 Å². The summed E-state index contributed by atoms with van der Waals surface area (Å²) in [7, 11) is 0. The first-order valence-electron chi connectivity index (χ1n) is 8.06. The lowest BCUT2D eigenvalue weighted by atomic mass is 10.1. The Labute approximate surface area is 155 Å². The highest BCUT2D eigenvalue weighted by Gasteiger charge is 2.22. The number of rotatable bonds is 4. The fourth-order valence-electron chi connectivity index (χ4n) is 2.82. The second-order valence-corrected chi connectivity index (χ2v) is 7.40. The Hall–Kier alpha value is -2.05. The largest absolute Gasteiger partial charge is 0.339 e. The maximum atomic E-state index is 12.6. The molecule has 130 valence electrons. The monoisotopic (exact) mass is 376 g/mol. The molecule has 3 rings (SSSR count). The standard InChI is InChI=1S/C18H17ClN2O3S/c19-14-5-4-6-15(12-14)25-17-8-7-13(11-16(17)21(23)24)18(22)20-9-2-1-3-10-20/h4-8,11-12H,1-3,9-10H2. The third-order valence-electron chi connectivity index (χ3n) is 4.07.